The zero-order valence-electron chi connectivity index (χ0n) is 19.2. The van der Waals surface area contributed by atoms with Crippen LogP contribution in [0.15, 0.2) is 30.6 Å². The third kappa shape index (κ3) is 5.39. The lowest BCUT2D eigenvalue weighted by Crippen LogP contribution is -2.22. The number of halogens is 2. The predicted octanol–water partition coefficient (Wildman–Crippen LogP) is 4.85. The number of aromatic nitrogens is 3. The number of hydrogen-bond acceptors (Lipinski definition) is 5. The van der Waals surface area contributed by atoms with Crippen molar-refractivity contribution in [3.05, 3.63) is 36.4 Å². The summed E-state index contributed by atoms with van der Waals surface area (Å²) in [7, 11) is 0.229. The van der Waals surface area contributed by atoms with Gasteiger partial charge in [-0.2, -0.15) is 0 Å². The summed E-state index contributed by atoms with van der Waals surface area (Å²) in [5, 5.41) is 3.41. The summed E-state index contributed by atoms with van der Waals surface area (Å²) in [5.41, 5.74) is 1.72. The Morgan fingerprint density at radius 2 is 2.06 bits per heavy atom. The number of carbonyl (C=O) groups is 1. The summed E-state index contributed by atoms with van der Waals surface area (Å²) in [6.45, 7) is 7.69. The number of rotatable bonds is 9. The Bertz CT molecular complexity index is 1180. The molecule has 0 unspecified atom stereocenters. The lowest BCUT2D eigenvalue weighted by molar-refractivity contribution is -0.117. The Morgan fingerprint density at radius 3 is 2.73 bits per heavy atom. The van der Waals surface area contributed by atoms with E-state index < -0.39 is 26.0 Å². The summed E-state index contributed by atoms with van der Waals surface area (Å²) in [4.78, 5) is 20.8. The second-order valence-corrected chi connectivity index (χ2v) is 15.1. The van der Waals surface area contributed by atoms with Gasteiger partial charge in [0.2, 0.25) is 11.8 Å². The van der Waals surface area contributed by atoms with Crippen LogP contribution in [0, 0.1) is 11.7 Å². The number of anilines is 1. The smallest absolute Gasteiger partial charge is 0.231 e. The fourth-order valence-electron chi connectivity index (χ4n) is 3.52. The molecule has 0 aromatic carbocycles. The van der Waals surface area contributed by atoms with Crippen LogP contribution in [0.4, 0.5) is 14.6 Å². The highest BCUT2D eigenvalue weighted by atomic mass is 28.3. The minimum Gasteiger partial charge on any atom is -0.481 e. The van der Waals surface area contributed by atoms with Crippen LogP contribution in [0.3, 0.4) is 0 Å². The average molecular weight is 475 g/mol. The first-order valence-corrected chi connectivity index (χ1v) is 14.6. The van der Waals surface area contributed by atoms with Crippen molar-refractivity contribution in [3.8, 4) is 17.0 Å². The summed E-state index contributed by atoms with van der Waals surface area (Å²) in [6.07, 6.45) is 2.07. The highest BCUT2D eigenvalue weighted by molar-refractivity contribution is 6.76. The Hall–Kier alpha value is -2.85. The monoisotopic (exact) mass is 474 g/mol. The minimum atomic E-state index is -1.25. The van der Waals surface area contributed by atoms with Crippen LogP contribution in [0.25, 0.3) is 22.2 Å². The quantitative estimate of drug-likeness (QED) is 0.354. The van der Waals surface area contributed by atoms with Gasteiger partial charge in [-0.1, -0.05) is 19.6 Å². The van der Waals surface area contributed by atoms with Crippen molar-refractivity contribution >= 4 is 30.8 Å². The molecule has 176 valence electrons. The number of carbonyl (C=O) groups excluding carboxylic acids is 1. The SMILES string of the molecule is COc1ncc(F)cc1-c1cn(COCC[Si](C)(C)C)c2nc(NC(=O)[C@@H]3C[C@@H]3F)ccc12. The fraction of sp³-hybridized carbons (Fsp3) is 0.435. The maximum atomic E-state index is 14.0. The first-order chi connectivity index (χ1) is 15.7. The lowest BCUT2D eigenvalue weighted by atomic mass is 10.1. The van der Waals surface area contributed by atoms with Gasteiger partial charge in [-0.25, -0.2) is 18.7 Å². The van der Waals surface area contributed by atoms with Crippen LogP contribution in [-0.4, -0.2) is 48.4 Å². The van der Waals surface area contributed by atoms with E-state index >= 15 is 0 Å². The molecular formula is C23H28F2N4O3Si. The van der Waals surface area contributed by atoms with Gasteiger partial charge in [-0.15, -0.1) is 0 Å². The number of ether oxygens (including phenoxy) is 2. The zero-order chi connectivity index (χ0) is 23.8. The molecule has 0 aliphatic heterocycles. The van der Waals surface area contributed by atoms with Gasteiger partial charge in [0.25, 0.3) is 0 Å². The number of hydrogen-bond donors (Lipinski definition) is 1. The molecule has 1 aliphatic carbocycles. The van der Waals surface area contributed by atoms with Crippen LogP contribution in [0.2, 0.25) is 25.7 Å². The van der Waals surface area contributed by atoms with Crippen LogP contribution in [0.5, 0.6) is 5.88 Å². The molecule has 0 bridgehead atoms. The molecule has 0 radical (unpaired) electrons. The number of amides is 1. The van der Waals surface area contributed by atoms with Crippen LogP contribution in [0.1, 0.15) is 6.42 Å². The van der Waals surface area contributed by atoms with Crippen molar-refractivity contribution in [2.75, 3.05) is 19.0 Å². The molecular weight excluding hydrogens is 446 g/mol. The highest BCUT2D eigenvalue weighted by Crippen LogP contribution is 2.37. The van der Waals surface area contributed by atoms with Crippen LogP contribution >= 0.6 is 0 Å². The molecule has 33 heavy (non-hydrogen) atoms. The van der Waals surface area contributed by atoms with E-state index in [2.05, 4.69) is 34.9 Å². The van der Waals surface area contributed by atoms with E-state index in [1.807, 2.05) is 10.8 Å². The fourth-order valence-corrected chi connectivity index (χ4v) is 4.28. The van der Waals surface area contributed by atoms with E-state index in [4.69, 9.17) is 9.47 Å². The van der Waals surface area contributed by atoms with Crippen LogP contribution in [-0.2, 0) is 16.3 Å². The van der Waals surface area contributed by atoms with E-state index in [1.165, 1.54) is 13.2 Å². The van der Waals surface area contributed by atoms with Crippen molar-refractivity contribution < 1.29 is 23.0 Å². The van der Waals surface area contributed by atoms with E-state index in [0.717, 1.165) is 17.6 Å². The highest BCUT2D eigenvalue weighted by Gasteiger charge is 2.43. The van der Waals surface area contributed by atoms with Gasteiger partial charge in [-0.3, -0.25) is 4.79 Å². The van der Waals surface area contributed by atoms with Crippen molar-refractivity contribution in [2.24, 2.45) is 5.92 Å². The Balaban J connectivity index is 1.69. The van der Waals surface area contributed by atoms with Crippen molar-refractivity contribution in [1.82, 2.24) is 14.5 Å². The van der Waals surface area contributed by atoms with E-state index in [-0.39, 0.29) is 24.9 Å². The van der Waals surface area contributed by atoms with E-state index in [9.17, 15) is 13.6 Å². The maximum Gasteiger partial charge on any atom is 0.231 e. The first-order valence-electron chi connectivity index (χ1n) is 10.9. The Kier molecular flexibility index (Phi) is 6.49. The summed E-state index contributed by atoms with van der Waals surface area (Å²) in [6, 6.07) is 5.81. The van der Waals surface area contributed by atoms with Crippen molar-refractivity contribution in [2.45, 2.75) is 45.0 Å². The number of methoxy groups -OCH3 is 1. The van der Waals surface area contributed by atoms with E-state index in [0.29, 0.717) is 29.2 Å². The molecule has 3 aromatic heterocycles. The number of nitrogens with zero attached hydrogens (tertiary/aromatic N) is 3. The minimum absolute atomic E-state index is 0.242. The molecule has 1 saturated carbocycles. The molecule has 2 atom stereocenters. The first kappa shape index (κ1) is 23.3. The summed E-state index contributed by atoms with van der Waals surface area (Å²) >= 11 is 0. The topological polar surface area (TPSA) is 78.3 Å². The van der Waals surface area contributed by atoms with Gasteiger partial charge in [0.1, 0.15) is 30.2 Å². The van der Waals surface area contributed by atoms with Gasteiger partial charge in [0, 0.05) is 37.4 Å². The molecule has 1 amide bonds. The number of alkyl halides is 1. The predicted molar refractivity (Wildman–Crippen MR) is 125 cm³/mol. The molecule has 10 heteroatoms. The molecule has 1 fully saturated rings. The molecule has 1 aliphatic rings. The standard InChI is InChI=1S/C23H28F2N4O3Si/c1-31-23-16(9-14(24)11-26-23)18-12-29(13-32-7-8-33(2,3)4)21-15(18)5-6-20(27-21)28-22(30)17-10-19(17)25/h5-6,9,11-12,17,19H,7-8,10,13H2,1-4H3,(H,27,28,30)/t17-,19+/m1/s1. The number of pyridine rings is 2. The van der Waals surface area contributed by atoms with Gasteiger partial charge >= 0.3 is 0 Å². The molecule has 1 N–H and O–H groups in total. The molecule has 7 nitrogen and oxygen atoms in total. The second kappa shape index (κ2) is 9.18. The van der Waals surface area contributed by atoms with Crippen LogP contribution < -0.4 is 10.1 Å². The number of fused-ring (bicyclic) bond motifs is 1. The summed E-state index contributed by atoms with van der Waals surface area (Å²) < 4.78 is 40.3. The number of nitrogens with one attached hydrogen (secondary N) is 1. The zero-order valence-corrected chi connectivity index (χ0v) is 20.2. The van der Waals surface area contributed by atoms with E-state index in [1.54, 1.807) is 12.1 Å². The van der Waals surface area contributed by atoms with Gasteiger partial charge in [-0.05, 0) is 30.7 Å². The van der Waals surface area contributed by atoms with Crippen molar-refractivity contribution in [3.63, 3.8) is 0 Å². The third-order valence-corrected chi connectivity index (χ3v) is 7.26. The van der Waals surface area contributed by atoms with Gasteiger partial charge in [0.05, 0.1) is 19.2 Å². The third-order valence-electron chi connectivity index (χ3n) is 5.55. The maximum absolute atomic E-state index is 14.0. The Labute approximate surface area is 192 Å². The second-order valence-electron chi connectivity index (χ2n) is 9.49. The average Bonchev–Trinajstić information content (AvgIpc) is 3.39. The molecule has 3 heterocycles. The molecule has 0 spiro atoms. The normalized spacial score (nSPS) is 17.9. The lowest BCUT2D eigenvalue weighted by Gasteiger charge is -2.15. The molecule has 0 saturated heterocycles. The largest absolute Gasteiger partial charge is 0.481 e. The van der Waals surface area contributed by atoms with Crippen molar-refractivity contribution in [1.29, 1.82) is 0 Å². The van der Waals surface area contributed by atoms with Gasteiger partial charge in [0.15, 0.2) is 0 Å². The molecule has 3 aromatic rings. The van der Waals surface area contributed by atoms with Gasteiger partial charge < -0.3 is 19.4 Å². The molecule has 4 rings (SSSR count). The summed E-state index contributed by atoms with van der Waals surface area (Å²) in [5.74, 6) is -0.869. The Morgan fingerprint density at radius 1 is 1.30 bits per heavy atom.